The van der Waals surface area contributed by atoms with Crippen molar-refractivity contribution in [2.45, 2.75) is 50.3 Å². The van der Waals surface area contributed by atoms with E-state index in [9.17, 15) is 0 Å². The van der Waals surface area contributed by atoms with Crippen molar-refractivity contribution >= 4 is 11.8 Å². The van der Waals surface area contributed by atoms with Gasteiger partial charge >= 0.3 is 0 Å². The second-order valence-corrected chi connectivity index (χ2v) is 5.45. The molecule has 0 saturated carbocycles. The van der Waals surface area contributed by atoms with Gasteiger partial charge in [-0.15, -0.1) is 6.58 Å². The Kier molecular flexibility index (Phi) is 8.41. The maximum absolute atomic E-state index is 3.85. The second kappa shape index (κ2) is 10.0. The maximum Gasteiger partial charge on any atom is 0.0116 e. The van der Waals surface area contributed by atoms with Crippen LogP contribution in [0.15, 0.2) is 58.9 Å². The van der Waals surface area contributed by atoms with Crippen LogP contribution in [0.3, 0.4) is 0 Å². The summed E-state index contributed by atoms with van der Waals surface area (Å²) in [6, 6.07) is 10.5. The lowest BCUT2D eigenvalue weighted by Gasteiger charge is -2.05. The van der Waals surface area contributed by atoms with Gasteiger partial charge in [0.25, 0.3) is 0 Å². The number of thioether (sulfide) groups is 1. The Morgan fingerprint density at radius 1 is 1.17 bits per heavy atom. The summed E-state index contributed by atoms with van der Waals surface area (Å²) in [5.41, 5.74) is 1.51. The minimum atomic E-state index is 1.02. The van der Waals surface area contributed by atoms with Gasteiger partial charge in [0.15, 0.2) is 0 Å². The van der Waals surface area contributed by atoms with Gasteiger partial charge < -0.3 is 0 Å². The molecule has 0 unspecified atom stereocenters. The topological polar surface area (TPSA) is 0 Å². The molecule has 0 nitrogen and oxygen atoms in total. The molecule has 0 amide bonds. The lowest BCUT2D eigenvalue weighted by Crippen LogP contribution is -1.83. The Balaban J connectivity index is 2.42. The van der Waals surface area contributed by atoms with E-state index < -0.39 is 0 Å². The lowest BCUT2D eigenvalue weighted by atomic mass is 10.1. The Morgan fingerprint density at radius 2 is 1.94 bits per heavy atom. The molecule has 1 aromatic rings. The number of hydrogen-bond donors (Lipinski definition) is 0. The Hall–Kier alpha value is -0.950. The van der Waals surface area contributed by atoms with Crippen LogP contribution in [0.25, 0.3) is 0 Å². The maximum atomic E-state index is 3.85. The first kappa shape index (κ1) is 15.1. The zero-order valence-corrected chi connectivity index (χ0v) is 12.2. The number of allylic oxidation sites excluding steroid dienone is 2. The van der Waals surface area contributed by atoms with Gasteiger partial charge in [-0.05, 0) is 36.8 Å². The summed E-state index contributed by atoms with van der Waals surface area (Å²) in [6.45, 7) is 6.11. The predicted octanol–water partition coefficient (Wildman–Crippen LogP) is 6.21. The van der Waals surface area contributed by atoms with E-state index in [1.807, 2.05) is 17.8 Å². The van der Waals surface area contributed by atoms with Gasteiger partial charge in [-0.3, -0.25) is 0 Å². The van der Waals surface area contributed by atoms with Gasteiger partial charge in [-0.25, -0.2) is 0 Å². The smallest absolute Gasteiger partial charge is 0.0116 e. The quantitative estimate of drug-likeness (QED) is 0.289. The predicted molar refractivity (Wildman–Crippen MR) is 84.0 cm³/mol. The van der Waals surface area contributed by atoms with E-state index in [0.29, 0.717) is 0 Å². The fourth-order valence-corrected chi connectivity index (χ4v) is 2.65. The first-order valence-electron chi connectivity index (χ1n) is 6.87. The van der Waals surface area contributed by atoms with Crippen LogP contribution in [-0.4, -0.2) is 0 Å². The summed E-state index contributed by atoms with van der Waals surface area (Å²) in [6.07, 6.45) is 9.56. The zero-order valence-electron chi connectivity index (χ0n) is 11.4. The van der Waals surface area contributed by atoms with E-state index in [1.54, 1.807) is 0 Å². The van der Waals surface area contributed by atoms with Crippen LogP contribution >= 0.6 is 11.8 Å². The van der Waals surface area contributed by atoms with Gasteiger partial charge in [-0.1, -0.05) is 67.8 Å². The first-order chi connectivity index (χ1) is 8.86. The highest BCUT2D eigenvalue weighted by Crippen LogP contribution is 2.24. The summed E-state index contributed by atoms with van der Waals surface area (Å²) in [4.78, 5) is 1.31. The molecule has 0 atom stereocenters. The third kappa shape index (κ3) is 6.70. The van der Waals surface area contributed by atoms with Crippen LogP contribution in [0.2, 0.25) is 0 Å². The van der Waals surface area contributed by atoms with E-state index >= 15 is 0 Å². The van der Waals surface area contributed by atoms with Gasteiger partial charge in [0.2, 0.25) is 0 Å². The fraction of sp³-hybridized carbons (Fsp3) is 0.412. The molecular formula is C17H24S. The van der Waals surface area contributed by atoms with Crippen molar-refractivity contribution in [2.24, 2.45) is 0 Å². The van der Waals surface area contributed by atoms with Crippen LogP contribution in [0, 0.1) is 0 Å². The van der Waals surface area contributed by atoms with E-state index in [-0.39, 0.29) is 0 Å². The molecule has 0 radical (unpaired) electrons. The summed E-state index contributed by atoms with van der Waals surface area (Å²) in [5.74, 6) is 0. The average Bonchev–Trinajstić information content (AvgIpc) is 2.42. The van der Waals surface area contributed by atoms with Gasteiger partial charge in [-0.2, -0.15) is 0 Å². The molecule has 0 spiro atoms. The Bertz CT molecular complexity index is 351. The zero-order chi connectivity index (χ0) is 13.1. The monoisotopic (exact) mass is 260 g/mol. The van der Waals surface area contributed by atoms with Gasteiger partial charge in [0.05, 0.1) is 0 Å². The molecule has 18 heavy (non-hydrogen) atoms. The van der Waals surface area contributed by atoms with Crippen molar-refractivity contribution in [1.29, 1.82) is 0 Å². The van der Waals surface area contributed by atoms with Crippen LogP contribution in [0.1, 0.15) is 45.4 Å². The minimum Gasteiger partial charge on any atom is -0.103 e. The molecule has 0 N–H and O–H groups in total. The van der Waals surface area contributed by atoms with Crippen LogP contribution in [0.5, 0.6) is 0 Å². The molecule has 0 aliphatic heterocycles. The van der Waals surface area contributed by atoms with Gasteiger partial charge in [0.1, 0.15) is 0 Å². The average molecular weight is 260 g/mol. The summed E-state index contributed by atoms with van der Waals surface area (Å²) < 4.78 is 0. The third-order valence-corrected chi connectivity index (χ3v) is 3.86. The summed E-state index contributed by atoms with van der Waals surface area (Å²) in [7, 11) is 0. The third-order valence-electron chi connectivity index (χ3n) is 2.86. The standard InChI is InChI=1S/C17H24S/c1-3-5-6-8-12-16(11-4-2)15-18-17-13-9-7-10-14-17/h4,7,9-10,13-15H,2-3,5-6,8,11-12H2,1H3/b16-15+. The lowest BCUT2D eigenvalue weighted by molar-refractivity contribution is 0.661. The van der Waals surface area contributed by atoms with Crippen LogP contribution in [-0.2, 0) is 0 Å². The number of unbranched alkanes of at least 4 members (excludes halogenated alkanes) is 3. The fourth-order valence-electron chi connectivity index (χ4n) is 1.82. The van der Waals surface area contributed by atoms with E-state index in [4.69, 9.17) is 0 Å². The van der Waals surface area contributed by atoms with Crippen molar-refractivity contribution < 1.29 is 0 Å². The van der Waals surface area contributed by atoms with E-state index in [1.165, 1.54) is 42.6 Å². The molecule has 1 aromatic carbocycles. The highest BCUT2D eigenvalue weighted by molar-refractivity contribution is 8.02. The molecule has 0 heterocycles. The molecule has 0 aromatic heterocycles. The molecular weight excluding hydrogens is 236 g/mol. The largest absolute Gasteiger partial charge is 0.103 e. The number of hydrogen-bond acceptors (Lipinski definition) is 1. The summed E-state index contributed by atoms with van der Waals surface area (Å²) in [5, 5.41) is 2.31. The van der Waals surface area contributed by atoms with E-state index in [0.717, 1.165) is 6.42 Å². The van der Waals surface area contributed by atoms with Crippen molar-refractivity contribution in [3.63, 3.8) is 0 Å². The van der Waals surface area contributed by atoms with Gasteiger partial charge in [0, 0.05) is 4.90 Å². The van der Waals surface area contributed by atoms with Crippen molar-refractivity contribution in [1.82, 2.24) is 0 Å². The molecule has 98 valence electrons. The summed E-state index contributed by atoms with van der Waals surface area (Å²) >= 11 is 1.82. The van der Waals surface area contributed by atoms with Crippen molar-refractivity contribution in [2.75, 3.05) is 0 Å². The molecule has 1 heteroatoms. The Morgan fingerprint density at radius 3 is 2.61 bits per heavy atom. The molecule has 0 fully saturated rings. The molecule has 0 aliphatic carbocycles. The molecule has 0 aliphatic rings. The molecule has 1 rings (SSSR count). The van der Waals surface area contributed by atoms with Crippen LogP contribution < -0.4 is 0 Å². The highest BCUT2D eigenvalue weighted by atomic mass is 32.2. The van der Waals surface area contributed by atoms with Crippen molar-refractivity contribution in [3.8, 4) is 0 Å². The Labute approximate surface area is 116 Å². The van der Waals surface area contributed by atoms with Crippen LogP contribution in [0.4, 0.5) is 0 Å². The number of benzene rings is 1. The minimum absolute atomic E-state index is 1.02. The van der Waals surface area contributed by atoms with Crippen molar-refractivity contribution in [3.05, 3.63) is 54.0 Å². The molecule has 0 saturated heterocycles. The second-order valence-electron chi connectivity index (χ2n) is 4.51. The first-order valence-corrected chi connectivity index (χ1v) is 7.75. The molecule has 0 bridgehead atoms. The SMILES string of the molecule is C=CC/C(=C\Sc1ccccc1)CCCCCC. The number of rotatable bonds is 9. The van der Waals surface area contributed by atoms with E-state index in [2.05, 4.69) is 49.2 Å². The highest BCUT2D eigenvalue weighted by Gasteiger charge is 1.97. The normalized spacial score (nSPS) is 11.5.